The quantitative estimate of drug-likeness (QED) is 0.909. The van der Waals surface area contributed by atoms with E-state index < -0.39 is 11.2 Å². The summed E-state index contributed by atoms with van der Waals surface area (Å²) in [6.07, 6.45) is -1.56. The third kappa shape index (κ3) is 4.24. The summed E-state index contributed by atoms with van der Waals surface area (Å²) in [5.41, 5.74) is 0.0896. The largest absolute Gasteiger partial charge is 0.443 e. The Morgan fingerprint density at radius 1 is 1.33 bits per heavy atom. The topological polar surface area (TPSA) is 24.9 Å². The van der Waals surface area contributed by atoms with Crippen molar-refractivity contribution in [3.63, 3.8) is 0 Å². The predicted octanol–water partition coefficient (Wildman–Crippen LogP) is 3.73. The molecular weight excluding hydrogens is 261 g/mol. The Hall–Kier alpha value is -0.620. The van der Waals surface area contributed by atoms with Gasteiger partial charge in [0.15, 0.2) is 5.01 Å². The van der Waals surface area contributed by atoms with Crippen molar-refractivity contribution < 1.29 is 13.2 Å². The average Bonchev–Trinajstić information content (AvgIpc) is 2.64. The minimum Gasteiger partial charge on any atom is -0.316 e. The van der Waals surface area contributed by atoms with Crippen molar-refractivity contribution in [3.8, 4) is 0 Å². The molecule has 0 saturated heterocycles. The summed E-state index contributed by atoms with van der Waals surface area (Å²) >= 11 is 0.739. The predicted molar refractivity (Wildman–Crippen MR) is 67.7 cm³/mol. The molecule has 0 aliphatic carbocycles. The van der Waals surface area contributed by atoms with E-state index in [2.05, 4.69) is 31.1 Å². The number of alkyl halides is 3. The molecule has 1 N–H and O–H groups in total. The highest BCUT2D eigenvalue weighted by Gasteiger charge is 2.34. The van der Waals surface area contributed by atoms with Gasteiger partial charge in [0.05, 0.1) is 0 Å². The van der Waals surface area contributed by atoms with Crippen molar-refractivity contribution in [2.45, 2.75) is 45.8 Å². The zero-order chi connectivity index (χ0) is 14.0. The molecule has 1 atom stereocenters. The van der Waals surface area contributed by atoms with Gasteiger partial charge in [-0.1, -0.05) is 20.8 Å². The Morgan fingerprint density at radius 3 is 2.33 bits per heavy atom. The molecule has 1 rings (SSSR count). The van der Waals surface area contributed by atoms with Gasteiger partial charge in [-0.2, -0.15) is 13.2 Å². The highest BCUT2D eigenvalue weighted by molar-refractivity contribution is 7.11. The van der Waals surface area contributed by atoms with Crippen molar-refractivity contribution in [2.24, 2.45) is 5.41 Å². The Labute approximate surface area is 110 Å². The molecule has 0 radical (unpaired) electrons. The fourth-order valence-electron chi connectivity index (χ4n) is 1.85. The third-order valence-corrected chi connectivity index (χ3v) is 3.97. The Kier molecular flexibility index (Phi) is 4.78. The Balaban J connectivity index is 2.61. The van der Waals surface area contributed by atoms with E-state index in [-0.39, 0.29) is 11.5 Å². The van der Waals surface area contributed by atoms with Gasteiger partial charge in [0.2, 0.25) is 0 Å². The number of hydrogen-bond acceptors (Lipinski definition) is 3. The number of rotatable bonds is 4. The van der Waals surface area contributed by atoms with E-state index in [0.717, 1.165) is 17.8 Å². The molecule has 104 valence electrons. The zero-order valence-corrected chi connectivity index (χ0v) is 11.9. The minimum absolute atomic E-state index is 0.0896. The first-order valence-electron chi connectivity index (χ1n) is 5.83. The van der Waals surface area contributed by atoms with Crippen LogP contribution in [-0.4, -0.2) is 18.1 Å². The molecule has 0 spiro atoms. The number of halogens is 3. The fraction of sp³-hybridized carbons (Fsp3) is 0.750. The van der Waals surface area contributed by atoms with Crippen LogP contribution < -0.4 is 5.32 Å². The summed E-state index contributed by atoms with van der Waals surface area (Å²) in [6, 6.07) is 0.272. The van der Waals surface area contributed by atoms with Crippen LogP contribution in [0.3, 0.4) is 0 Å². The van der Waals surface area contributed by atoms with E-state index in [1.165, 1.54) is 6.20 Å². The van der Waals surface area contributed by atoms with E-state index in [4.69, 9.17) is 0 Å². The fourth-order valence-corrected chi connectivity index (χ4v) is 2.65. The normalized spacial score (nSPS) is 14.8. The molecule has 0 saturated carbocycles. The number of hydrogen-bond donors (Lipinski definition) is 1. The van der Waals surface area contributed by atoms with Gasteiger partial charge in [0.25, 0.3) is 0 Å². The molecule has 0 amide bonds. The number of aromatic nitrogens is 1. The van der Waals surface area contributed by atoms with Crippen LogP contribution in [0.4, 0.5) is 13.2 Å². The third-order valence-electron chi connectivity index (χ3n) is 2.87. The molecule has 0 bridgehead atoms. The Morgan fingerprint density at radius 2 is 1.94 bits per heavy atom. The lowest BCUT2D eigenvalue weighted by atomic mass is 9.84. The smallest absolute Gasteiger partial charge is 0.316 e. The number of nitrogens with one attached hydrogen (secondary N) is 1. The van der Waals surface area contributed by atoms with Gasteiger partial charge in [-0.15, -0.1) is 11.3 Å². The highest BCUT2D eigenvalue weighted by atomic mass is 32.1. The molecule has 1 unspecified atom stereocenters. The number of aryl methyl sites for hydroxylation is 1. The Bertz CT molecular complexity index is 379. The second-order valence-electron chi connectivity index (χ2n) is 5.38. The molecule has 0 fully saturated rings. The number of nitrogens with zero attached hydrogens (tertiary/aromatic N) is 1. The van der Waals surface area contributed by atoms with Crippen molar-refractivity contribution in [3.05, 3.63) is 16.1 Å². The minimum atomic E-state index is -4.32. The first kappa shape index (κ1) is 15.4. The van der Waals surface area contributed by atoms with Gasteiger partial charge in [0, 0.05) is 17.1 Å². The molecule has 0 aromatic carbocycles. The standard InChI is InChI=1S/C12H19F3N2S/c1-11(2,3)9(16-4)6-5-8-7-17-10(18-8)12(13,14)15/h7,9,16H,5-6H2,1-4H3. The van der Waals surface area contributed by atoms with Crippen LogP contribution >= 0.6 is 11.3 Å². The van der Waals surface area contributed by atoms with Crippen LogP contribution in [-0.2, 0) is 12.6 Å². The molecule has 18 heavy (non-hydrogen) atoms. The van der Waals surface area contributed by atoms with Crippen molar-refractivity contribution in [2.75, 3.05) is 7.05 Å². The first-order valence-corrected chi connectivity index (χ1v) is 6.65. The summed E-state index contributed by atoms with van der Waals surface area (Å²) in [5.74, 6) is 0. The van der Waals surface area contributed by atoms with Gasteiger partial charge in [0.1, 0.15) is 0 Å². The van der Waals surface area contributed by atoms with Crippen LogP contribution in [0.2, 0.25) is 0 Å². The summed E-state index contributed by atoms with van der Waals surface area (Å²) in [4.78, 5) is 4.11. The second kappa shape index (κ2) is 5.57. The lowest BCUT2D eigenvalue weighted by Gasteiger charge is -2.30. The van der Waals surface area contributed by atoms with Crippen LogP contribution in [0.5, 0.6) is 0 Å². The first-order chi connectivity index (χ1) is 8.14. The van der Waals surface area contributed by atoms with Crippen molar-refractivity contribution in [1.29, 1.82) is 0 Å². The van der Waals surface area contributed by atoms with Crippen LogP contribution in [0.15, 0.2) is 6.20 Å². The lowest BCUT2D eigenvalue weighted by molar-refractivity contribution is -0.137. The summed E-state index contributed by atoms with van der Waals surface area (Å²) in [7, 11) is 1.88. The maximum atomic E-state index is 12.4. The van der Waals surface area contributed by atoms with Gasteiger partial charge >= 0.3 is 6.18 Å². The molecule has 0 aliphatic heterocycles. The lowest BCUT2D eigenvalue weighted by Crippen LogP contribution is -2.38. The van der Waals surface area contributed by atoms with Crippen LogP contribution in [0.1, 0.15) is 37.1 Å². The average molecular weight is 280 g/mol. The summed E-state index contributed by atoms with van der Waals surface area (Å²) < 4.78 is 37.2. The SMILES string of the molecule is CNC(CCc1cnc(C(F)(F)F)s1)C(C)(C)C. The van der Waals surface area contributed by atoms with E-state index in [1.54, 1.807) is 0 Å². The van der Waals surface area contributed by atoms with E-state index in [0.29, 0.717) is 11.3 Å². The van der Waals surface area contributed by atoms with E-state index >= 15 is 0 Å². The van der Waals surface area contributed by atoms with Gasteiger partial charge in [-0.05, 0) is 25.3 Å². The van der Waals surface area contributed by atoms with Crippen LogP contribution in [0.25, 0.3) is 0 Å². The van der Waals surface area contributed by atoms with Crippen molar-refractivity contribution >= 4 is 11.3 Å². The summed E-state index contributed by atoms with van der Waals surface area (Å²) in [6.45, 7) is 6.34. The maximum Gasteiger partial charge on any atom is 0.443 e. The molecule has 2 nitrogen and oxygen atoms in total. The van der Waals surface area contributed by atoms with Gasteiger partial charge in [-0.3, -0.25) is 0 Å². The van der Waals surface area contributed by atoms with Crippen LogP contribution in [0, 0.1) is 5.41 Å². The molecule has 1 heterocycles. The maximum absolute atomic E-state index is 12.4. The van der Waals surface area contributed by atoms with Crippen molar-refractivity contribution in [1.82, 2.24) is 10.3 Å². The highest BCUT2D eigenvalue weighted by Crippen LogP contribution is 2.33. The molecule has 1 aromatic rings. The molecule has 0 aliphatic rings. The van der Waals surface area contributed by atoms with E-state index in [9.17, 15) is 13.2 Å². The van der Waals surface area contributed by atoms with Gasteiger partial charge in [-0.25, -0.2) is 4.98 Å². The van der Waals surface area contributed by atoms with E-state index in [1.807, 2.05) is 7.05 Å². The molecular formula is C12H19F3N2S. The molecule has 1 aromatic heterocycles. The number of thiazole rings is 1. The summed E-state index contributed by atoms with van der Waals surface area (Å²) in [5, 5.41) is 2.46. The zero-order valence-electron chi connectivity index (χ0n) is 11.1. The second-order valence-corrected chi connectivity index (χ2v) is 6.49. The van der Waals surface area contributed by atoms with Gasteiger partial charge < -0.3 is 5.32 Å². The molecule has 6 heteroatoms. The monoisotopic (exact) mass is 280 g/mol.